The Kier molecular flexibility index (Phi) is 6.18. The average Bonchev–Trinajstić information content (AvgIpc) is 3.23. The fourth-order valence-electron chi connectivity index (χ4n) is 2.81. The van der Waals surface area contributed by atoms with Gasteiger partial charge in [0.25, 0.3) is 5.91 Å². The quantitative estimate of drug-likeness (QED) is 0.545. The molecule has 3 rings (SSSR count). The van der Waals surface area contributed by atoms with E-state index in [4.69, 9.17) is 9.26 Å². The molecule has 1 amide bonds. The summed E-state index contributed by atoms with van der Waals surface area (Å²) in [5.41, 5.74) is 3.01. The lowest BCUT2D eigenvalue weighted by atomic mass is 10.2. The van der Waals surface area contributed by atoms with Gasteiger partial charge in [0.05, 0.1) is 28.5 Å². The molecule has 1 aromatic carbocycles. The molecular weight excluding hydrogens is 424 g/mol. The fourth-order valence-corrected chi connectivity index (χ4v) is 3.24. The molecule has 0 saturated heterocycles. The molecule has 0 aliphatic rings. The van der Waals surface area contributed by atoms with E-state index in [9.17, 15) is 4.79 Å². The number of halogens is 1. The van der Waals surface area contributed by atoms with Crippen LogP contribution < -0.4 is 4.74 Å². The summed E-state index contributed by atoms with van der Waals surface area (Å²) in [6.45, 7) is 7.14. The Morgan fingerprint density at radius 2 is 2.00 bits per heavy atom. The first kappa shape index (κ1) is 20.1. The zero-order valence-electron chi connectivity index (χ0n) is 16.4. The van der Waals surface area contributed by atoms with E-state index >= 15 is 0 Å². The molecule has 2 heterocycles. The molecule has 0 bridgehead atoms. The molecule has 0 N–H and O–H groups in total. The van der Waals surface area contributed by atoms with Gasteiger partial charge in [-0.2, -0.15) is 5.10 Å². The van der Waals surface area contributed by atoms with E-state index in [-0.39, 0.29) is 18.2 Å². The average molecular weight is 447 g/mol. The summed E-state index contributed by atoms with van der Waals surface area (Å²) in [6, 6.07) is 7.75. The molecular formula is C20H23BrN4O3. The third-order valence-corrected chi connectivity index (χ3v) is 5.18. The molecule has 0 atom stereocenters. The minimum absolute atomic E-state index is 0.212. The number of benzene rings is 1. The molecule has 0 aliphatic carbocycles. The number of hydrogen-bond acceptors (Lipinski definition) is 5. The number of hydrogen-bond donors (Lipinski definition) is 0. The van der Waals surface area contributed by atoms with Crippen LogP contribution in [-0.4, -0.2) is 32.8 Å². The third-order valence-electron chi connectivity index (χ3n) is 4.52. The summed E-state index contributed by atoms with van der Waals surface area (Å²) in [4.78, 5) is 14.6. The normalized spacial score (nSPS) is 10.9. The van der Waals surface area contributed by atoms with Gasteiger partial charge in [-0.25, -0.2) is 0 Å². The van der Waals surface area contributed by atoms with Crippen LogP contribution in [0.25, 0.3) is 0 Å². The summed E-state index contributed by atoms with van der Waals surface area (Å²) < 4.78 is 13.8. The molecule has 28 heavy (non-hydrogen) atoms. The number of aromatic nitrogens is 3. The van der Waals surface area contributed by atoms with Crippen molar-refractivity contribution in [3.63, 3.8) is 0 Å². The van der Waals surface area contributed by atoms with Crippen LogP contribution in [-0.2, 0) is 19.7 Å². The van der Waals surface area contributed by atoms with Crippen molar-refractivity contribution in [3.8, 4) is 5.75 Å². The van der Waals surface area contributed by atoms with Crippen molar-refractivity contribution < 1.29 is 14.1 Å². The van der Waals surface area contributed by atoms with Crippen LogP contribution >= 0.6 is 15.9 Å². The Morgan fingerprint density at radius 1 is 1.29 bits per heavy atom. The maximum atomic E-state index is 13.0. The van der Waals surface area contributed by atoms with Crippen molar-refractivity contribution in [3.05, 3.63) is 63.2 Å². The molecule has 0 radical (unpaired) electrons. The summed E-state index contributed by atoms with van der Waals surface area (Å²) in [7, 11) is 1.73. The van der Waals surface area contributed by atoms with Gasteiger partial charge in [-0.3, -0.25) is 9.48 Å². The highest BCUT2D eigenvalue weighted by atomic mass is 79.9. The van der Waals surface area contributed by atoms with E-state index in [0.717, 1.165) is 28.0 Å². The summed E-state index contributed by atoms with van der Waals surface area (Å²) in [5, 5.41) is 8.26. The summed E-state index contributed by atoms with van der Waals surface area (Å²) in [5.74, 6) is 1.08. The van der Waals surface area contributed by atoms with Crippen molar-refractivity contribution in [2.75, 3.05) is 7.05 Å². The summed E-state index contributed by atoms with van der Waals surface area (Å²) in [6.07, 6.45) is 1.73. The molecule has 8 heteroatoms. The lowest BCUT2D eigenvalue weighted by Gasteiger charge is -2.17. The second-order valence-corrected chi connectivity index (χ2v) is 7.44. The van der Waals surface area contributed by atoms with Gasteiger partial charge in [0.2, 0.25) is 0 Å². The summed E-state index contributed by atoms with van der Waals surface area (Å²) >= 11 is 3.49. The fraction of sp³-hybridized carbons (Fsp3) is 0.350. The monoisotopic (exact) mass is 446 g/mol. The Hall–Kier alpha value is -2.61. The molecule has 7 nitrogen and oxygen atoms in total. The highest BCUT2D eigenvalue weighted by molar-refractivity contribution is 9.10. The topological polar surface area (TPSA) is 73.4 Å². The Labute approximate surface area is 172 Å². The smallest absolute Gasteiger partial charge is 0.276 e. The van der Waals surface area contributed by atoms with Gasteiger partial charge in [0.15, 0.2) is 5.69 Å². The first-order valence-electron chi connectivity index (χ1n) is 9.01. The molecule has 2 aromatic heterocycles. The van der Waals surface area contributed by atoms with Crippen LogP contribution in [0.3, 0.4) is 0 Å². The van der Waals surface area contributed by atoms with Crippen LogP contribution in [0.5, 0.6) is 5.75 Å². The van der Waals surface area contributed by atoms with Crippen LogP contribution in [0.15, 0.2) is 39.5 Å². The predicted molar refractivity (Wildman–Crippen MR) is 108 cm³/mol. The van der Waals surface area contributed by atoms with E-state index in [1.807, 2.05) is 42.8 Å². The van der Waals surface area contributed by atoms with Crippen LogP contribution in [0.4, 0.5) is 0 Å². The Morgan fingerprint density at radius 3 is 2.68 bits per heavy atom. The van der Waals surface area contributed by atoms with Gasteiger partial charge in [0.1, 0.15) is 18.1 Å². The van der Waals surface area contributed by atoms with E-state index in [2.05, 4.69) is 26.2 Å². The molecule has 0 aliphatic heterocycles. The number of carbonyl (C=O) groups is 1. The largest absolute Gasteiger partial charge is 0.489 e. The number of amides is 1. The Bertz CT molecular complexity index is 962. The van der Waals surface area contributed by atoms with Crippen LogP contribution in [0.1, 0.15) is 40.0 Å². The standard InChI is InChI=1S/C20H23BrN4O3/c1-5-25-18(17(21)10-22-25)11-24(4)20(26)19-16(14(3)28-23-19)12-27-15-8-6-13(2)7-9-15/h6-10H,5,11-12H2,1-4H3. The van der Waals surface area contributed by atoms with Crippen molar-refractivity contribution in [2.45, 2.75) is 40.5 Å². The van der Waals surface area contributed by atoms with Crippen LogP contribution in [0, 0.1) is 13.8 Å². The number of carbonyl (C=O) groups excluding carboxylic acids is 1. The van der Waals surface area contributed by atoms with Gasteiger partial charge in [0, 0.05) is 13.6 Å². The first-order valence-corrected chi connectivity index (χ1v) is 9.80. The molecule has 0 spiro atoms. The van der Waals surface area contributed by atoms with E-state index in [1.54, 1.807) is 25.1 Å². The van der Waals surface area contributed by atoms with E-state index < -0.39 is 0 Å². The molecule has 0 saturated carbocycles. The first-order chi connectivity index (χ1) is 13.4. The second kappa shape index (κ2) is 8.60. The lowest BCUT2D eigenvalue weighted by Crippen LogP contribution is -2.29. The minimum atomic E-state index is -0.227. The minimum Gasteiger partial charge on any atom is -0.489 e. The van der Waals surface area contributed by atoms with Gasteiger partial charge in [-0.05, 0) is 48.8 Å². The zero-order chi connectivity index (χ0) is 20.3. The second-order valence-electron chi connectivity index (χ2n) is 6.58. The molecule has 0 unspecified atom stereocenters. The predicted octanol–water partition coefficient (Wildman–Crippen LogP) is 4.12. The van der Waals surface area contributed by atoms with Crippen molar-refractivity contribution in [2.24, 2.45) is 0 Å². The number of nitrogens with zero attached hydrogens (tertiary/aromatic N) is 4. The number of rotatable bonds is 7. The van der Waals surface area contributed by atoms with Gasteiger partial charge >= 0.3 is 0 Å². The number of ether oxygens (including phenoxy) is 1. The van der Waals surface area contributed by atoms with Crippen molar-refractivity contribution >= 4 is 21.8 Å². The maximum absolute atomic E-state index is 13.0. The molecule has 0 fully saturated rings. The zero-order valence-corrected chi connectivity index (χ0v) is 18.0. The van der Waals surface area contributed by atoms with Crippen LogP contribution in [0.2, 0.25) is 0 Å². The maximum Gasteiger partial charge on any atom is 0.276 e. The Balaban J connectivity index is 1.74. The van der Waals surface area contributed by atoms with Gasteiger partial charge in [-0.15, -0.1) is 0 Å². The number of aryl methyl sites for hydroxylation is 3. The van der Waals surface area contributed by atoms with E-state index in [0.29, 0.717) is 17.9 Å². The molecule has 3 aromatic rings. The SMILES string of the molecule is CCn1ncc(Br)c1CN(C)C(=O)c1noc(C)c1COc1ccc(C)cc1. The molecule has 148 valence electrons. The van der Waals surface area contributed by atoms with Gasteiger partial charge < -0.3 is 14.2 Å². The van der Waals surface area contributed by atoms with E-state index in [1.165, 1.54) is 0 Å². The third kappa shape index (κ3) is 4.27. The van der Waals surface area contributed by atoms with Gasteiger partial charge in [-0.1, -0.05) is 22.9 Å². The highest BCUT2D eigenvalue weighted by Gasteiger charge is 2.24. The lowest BCUT2D eigenvalue weighted by molar-refractivity contribution is 0.0768. The highest BCUT2D eigenvalue weighted by Crippen LogP contribution is 2.22. The van der Waals surface area contributed by atoms with Crippen molar-refractivity contribution in [1.82, 2.24) is 19.8 Å². The van der Waals surface area contributed by atoms with Crippen molar-refractivity contribution in [1.29, 1.82) is 0 Å².